The first-order chi connectivity index (χ1) is 12.7. The van der Waals surface area contributed by atoms with Crippen LogP contribution in [0.15, 0.2) is 65.6 Å². The van der Waals surface area contributed by atoms with Crippen molar-refractivity contribution in [3.63, 3.8) is 0 Å². The summed E-state index contributed by atoms with van der Waals surface area (Å²) >= 11 is 3.09. The zero-order chi connectivity index (χ0) is 18.8. The van der Waals surface area contributed by atoms with E-state index in [1.807, 2.05) is 66.9 Å². The van der Waals surface area contributed by atoms with Crippen molar-refractivity contribution in [2.24, 2.45) is 0 Å². The van der Waals surface area contributed by atoms with Gasteiger partial charge >= 0.3 is 5.97 Å². The monoisotopic (exact) mass is 389 g/mol. The number of amides is 1. The Hall–Kier alpha value is -1.92. The maximum Gasteiger partial charge on any atom is 0.328 e. The van der Waals surface area contributed by atoms with Crippen molar-refractivity contribution in [1.29, 1.82) is 0 Å². The van der Waals surface area contributed by atoms with Crippen LogP contribution in [0.3, 0.4) is 0 Å². The number of carbonyl (C=O) groups excluding carboxylic acids is 2. The molecule has 0 spiro atoms. The molecular formula is C20H23NO3S2. The third-order valence-electron chi connectivity index (χ3n) is 3.75. The second kappa shape index (κ2) is 10.9. The lowest BCUT2D eigenvalue weighted by atomic mass is 10.1. The molecule has 0 aliphatic heterocycles. The fourth-order valence-corrected chi connectivity index (χ4v) is 3.94. The topological polar surface area (TPSA) is 55.4 Å². The predicted octanol–water partition coefficient (Wildman–Crippen LogP) is 3.93. The first kappa shape index (κ1) is 20.4. The number of hydrogen-bond donors (Lipinski definition) is 1. The number of hydrogen-bond acceptors (Lipinski definition) is 5. The second-order valence-electron chi connectivity index (χ2n) is 5.59. The highest BCUT2D eigenvalue weighted by Gasteiger charge is 2.27. The highest BCUT2D eigenvalue weighted by atomic mass is 32.2. The van der Waals surface area contributed by atoms with Gasteiger partial charge in [-0.05, 0) is 36.1 Å². The van der Waals surface area contributed by atoms with Gasteiger partial charge in [0.05, 0.1) is 7.11 Å². The predicted molar refractivity (Wildman–Crippen MR) is 108 cm³/mol. The Morgan fingerprint density at radius 2 is 1.65 bits per heavy atom. The van der Waals surface area contributed by atoms with Crippen LogP contribution in [0.4, 0.5) is 0 Å². The van der Waals surface area contributed by atoms with E-state index in [2.05, 4.69) is 5.32 Å². The molecule has 0 fully saturated rings. The van der Waals surface area contributed by atoms with Crippen LogP contribution in [0.25, 0.3) is 0 Å². The van der Waals surface area contributed by atoms with E-state index in [0.29, 0.717) is 6.42 Å². The number of thioether (sulfide) groups is 2. The second-order valence-corrected chi connectivity index (χ2v) is 7.75. The molecule has 0 saturated carbocycles. The smallest absolute Gasteiger partial charge is 0.328 e. The fourth-order valence-electron chi connectivity index (χ4n) is 2.41. The van der Waals surface area contributed by atoms with Crippen LogP contribution in [0, 0.1) is 0 Å². The average Bonchev–Trinajstić information content (AvgIpc) is 2.70. The number of ether oxygens (including phenoxy) is 1. The number of esters is 1. The minimum Gasteiger partial charge on any atom is -0.467 e. The lowest BCUT2D eigenvalue weighted by Gasteiger charge is -2.21. The molecule has 26 heavy (non-hydrogen) atoms. The molecule has 0 unspecified atom stereocenters. The van der Waals surface area contributed by atoms with Crippen molar-refractivity contribution in [3.8, 4) is 0 Å². The summed E-state index contributed by atoms with van der Waals surface area (Å²) in [7, 11) is 1.34. The molecule has 2 aromatic carbocycles. The van der Waals surface area contributed by atoms with Crippen LogP contribution in [0.1, 0.15) is 17.2 Å². The quantitative estimate of drug-likeness (QED) is 0.520. The highest BCUT2D eigenvalue weighted by Crippen LogP contribution is 2.35. The SMILES string of the molecule is COC(=O)[C@@H](CCSC)NC(=O)[C@@H](Sc1ccccc1)c1ccccc1. The first-order valence-electron chi connectivity index (χ1n) is 8.29. The molecule has 6 heteroatoms. The average molecular weight is 390 g/mol. The van der Waals surface area contributed by atoms with Gasteiger partial charge in [0.2, 0.25) is 5.91 Å². The molecular weight excluding hydrogens is 366 g/mol. The van der Waals surface area contributed by atoms with E-state index in [1.165, 1.54) is 18.9 Å². The van der Waals surface area contributed by atoms with Gasteiger partial charge in [0.25, 0.3) is 0 Å². The van der Waals surface area contributed by atoms with Gasteiger partial charge in [0, 0.05) is 4.90 Å². The van der Waals surface area contributed by atoms with Crippen molar-refractivity contribution in [2.45, 2.75) is 22.6 Å². The van der Waals surface area contributed by atoms with Gasteiger partial charge in [-0.1, -0.05) is 48.5 Å². The summed E-state index contributed by atoms with van der Waals surface area (Å²) in [6, 6.07) is 18.7. The molecule has 138 valence electrons. The zero-order valence-corrected chi connectivity index (χ0v) is 16.5. The van der Waals surface area contributed by atoms with Crippen LogP contribution in [0.2, 0.25) is 0 Å². The largest absolute Gasteiger partial charge is 0.467 e. The molecule has 0 aliphatic rings. The lowest BCUT2D eigenvalue weighted by molar-refractivity contribution is -0.145. The minimum atomic E-state index is -0.637. The summed E-state index contributed by atoms with van der Waals surface area (Å²) in [4.78, 5) is 26.0. The number of nitrogens with one attached hydrogen (secondary N) is 1. The van der Waals surface area contributed by atoms with E-state index in [9.17, 15) is 9.59 Å². The van der Waals surface area contributed by atoms with E-state index < -0.39 is 17.3 Å². The summed E-state index contributed by atoms with van der Waals surface area (Å²) in [5.74, 6) is 0.160. The molecule has 1 N–H and O–H groups in total. The third kappa shape index (κ3) is 6.11. The van der Waals surface area contributed by atoms with Crippen LogP contribution in [0.5, 0.6) is 0 Å². The molecule has 2 atom stereocenters. The Labute approximate surface area is 163 Å². The van der Waals surface area contributed by atoms with Gasteiger partial charge in [-0.25, -0.2) is 4.79 Å². The summed E-state index contributed by atoms with van der Waals surface area (Å²) in [6.07, 6.45) is 2.51. The van der Waals surface area contributed by atoms with E-state index in [4.69, 9.17) is 4.74 Å². The Balaban J connectivity index is 2.20. The number of rotatable bonds is 9. The van der Waals surface area contributed by atoms with Crippen LogP contribution in [-0.4, -0.2) is 37.0 Å². The summed E-state index contributed by atoms with van der Waals surface area (Å²) in [6.45, 7) is 0. The Morgan fingerprint density at radius 1 is 1.04 bits per heavy atom. The Bertz CT molecular complexity index is 695. The first-order valence-corrected chi connectivity index (χ1v) is 10.6. The fraction of sp³-hybridized carbons (Fsp3) is 0.300. The molecule has 0 bridgehead atoms. The summed E-state index contributed by atoms with van der Waals surface area (Å²) < 4.78 is 4.84. The molecule has 0 saturated heterocycles. The van der Waals surface area contributed by atoms with Crippen LogP contribution < -0.4 is 5.32 Å². The lowest BCUT2D eigenvalue weighted by Crippen LogP contribution is -2.43. The Morgan fingerprint density at radius 3 is 2.23 bits per heavy atom. The van der Waals surface area contributed by atoms with Gasteiger partial charge in [-0.15, -0.1) is 11.8 Å². The van der Waals surface area contributed by atoms with Crippen LogP contribution in [-0.2, 0) is 14.3 Å². The molecule has 0 aliphatic carbocycles. The maximum absolute atomic E-state index is 13.0. The van der Waals surface area contributed by atoms with E-state index in [0.717, 1.165) is 16.2 Å². The van der Waals surface area contributed by atoms with Gasteiger partial charge in [0.15, 0.2) is 0 Å². The molecule has 2 rings (SSSR count). The van der Waals surface area contributed by atoms with Crippen molar-refractivity contribution in [2.75, 3.05) is 19.1 Å². The minimum absolute atomic E-state index is 0.193. The van der Waals surface area contributed by atoms with Gasteiger partial charge < -0.3 is 10.1 Å². The van der Waals surface area contributed by atoms with E-state index in [-0.39, 0.29) is 5.91 Å². The van der Waals surface area contributed by atoms with E-state index >= 15 is 0 Å². The molecule has 0 radical (unpaired) electrons. The molecule has 4 nitrogen and oxygen atoms in total. The van der Waals surface area contributed by atoms with Gasteiger partial charge in [0.1, 0.15) is 11.3 Å². The molecule has 0 aromatic heterocycles. The van der Waals surface area contributed by atoms with Crippen molar-refractivity contribution >= 4 is 35.4 Å². The van der Waals surface area contributed by atoms with Crippen LogP contribution >= 0.6 is 23.5 Å². The molecule has 0 heterocycles. The van der Waals surface area contributed by atoms with Gasteiger partial charge in [-0.3, -0.25) is 4.79 Å². The van der Waals surface area contributed by atoms with E-state index in [1.54, 1.807) is 11.8 Å². The summed E-state index contributed by atoms with van der Waals surface area (Å²) in [5, 5.41) is 2.43. The number of benzene rings is 2. The highest BCUT2D eigenvalue weighted by molar-refractivity contribution is 8.00. The Kier molecular flexibility index (Phi) is 8.58. The van der Waals surface area contributed by atoms with Crippen molar-refractivity contribution in [3.05, 3.63) is 66.2 Å². The summed E-state index contributed by atoms with van der Waals surface area (Å²) in [5.41, 5.74) is 0.896. The van der Waals surface area contributed by atoms with Gasteiger partial charge in [-0.2, -0.15) is 11.8 Å². The van der Waals surface area contributed by atoms with Crippen molar-refractivity contribution < 1.29 is 14.3 Å². The third-order valence-corrected chi connectivity index (χ3v) is 5.66. The number of methoxy groups -OCH3 is 1. The maximum atomic E-state index is 13.0. The standard InChI is InChI=1S/C20H23NO3S2/c1-24-20(23)17(13-14-25-2)21-19(22)18(15-9-5-3-6-10-15)26-16-11-7-4-8-12-16/h3-12,17-18H,13-14H2,1-2H3,(H,21,22)/t17-,18+/m1/s1. The molecule has 2 aromatic rings. The normalized spacial score (nSPS) is 12.8. The number of carbonyl (C=O) groups is 2. The van der Waals surface area contributed by atoms with Crippen molar-refractivity contribution in [1.82, 2.24) is 5.32 Å². The zero-order valence-electron chi connectivity index (χ0n) is 14.9. The molecule has 1 amide bonds.